The lowest BCUT2D eigenvalue weighted by Crippen LogP contribution is -2.65. The Balaban J connectivity index is 1.10. The van der Waals surface area contributed by atoms with E-state index in [-0.39, 0.29) is 22.2 Å². The number of carbonyl (C=O) groups is 1. The zero-order valence-corrected chi connectivity index (χ0v) is 21.1. The Kier molecular flexibility index (Phi) is 4.52. The number of rotatable bonds is 7. The van der Waals surface area contributed by atoms with Gasteiger partial charge in [0.1, 0.15) is 5.67 Å². The van der Waals surface area contributed by atoms with Crippen molar-refractivity contribution in [3.8, 4) is 0 Å². The molecule has 7 aliphatic rings. The fourth-order valence-electron chi connectivity index (χ4n) is 7.53. The smallest absolute Gasteiger partial charge is 0.227 e. The standard InChI is InChI=1S/C27H31BrFN3O2/c28-19-2-1-3-20(12-19)32(21(33)13-25-14-27(29,15-25)16-25)17-24-6-9-26(10-7-24,11-8-24)23-31-30-22(34-23)18-4-5-18/h1-3,12,18H,4-11,13-17H2. The van der Waals surface area contributed by atoms with E-state index in [1.807, 2.05) is 29.2 Å². The Hall–Kier alpha value is -1.76. The number of benzene rings is 1. The third kappa shape index (κ3) is 3.40. The second-order valence-corrected chi connectivity index (χ2v) is 13.2. The third-order valence-electron chi connectivity index (χ3n) is 9.74. The van der Waals surface area contributed by atoms with Gasteiger partial charge in [-0.2, -0.15) is 0 Å². The van der Waals surface area contributed by atoms with Crippen molar-refractivity contribution in [3.63, 3.8) is 0 Å². The van der Waals surface area contributed by atoms with Gasteiger partial charge in [0, 0.05) is 34.5 Å². The summed E-state index contributed by atoms with van der Waals surface area (Å²) in [5, 5.41) is 8.84. The van der Waals surface area contributed by atoms with E-state index in [0.717, 1.165) is 67.0 Å². The van der Waals surface area contributed by atoms with Crippen LogP contribution in [0.2, 0.25) is 0 Å². The topological polar surface area (TPSA) is 59.2 Å². The maximum atomic E-state index is 14.1. The molecule has 1 aromatic carbocycles. The van der Waals surface area contributed by atoms with E-state index >= 15 is 0 Å². The van der Waals surface area contributed by atoms with Gasteiger partial charge in [-0.1, -0.05) is 22.0 Å². The minimum Gasteiger partial charge on any atom is -0.424 e. The highest BCUT2D eigenvalue weighted by molar-refractivity contribution is 9.10. The lowest BCUT2D eigenvalue weighted by atomic mass is 9.41. The molecule has 34 heavy (non-hydrogen) atoms. The highest BCUT2D eigenvalue weighted by atomic mass is 79.9. The van der Waals surface area contributed by atoms with Crippen LogP contribution in [-0.4, -0.2) is 28.3 Å². The maximum Gasteiger partial charge on any atom is 0.227 e. The quantitative estimate of drug-likeness (QED) is 0.406. The number of carbonyl (C=O) groups excluding carboxylic acids is 1. The van der Waals surface area contributed by atoms with E-state index in [4.69, 9.17) is 4.42 Å². The number of nitrogens with zero attached hydrogens (tertiary/aromatic N) is 3. The van der Waals surface area contributed by atoms with Gasteiger partial charge in [0.2, 0.25) is 17.7 Å². The fraction of sp³-hybridized carbons (Fsp3) is 0.667. The largest absolute Gasteiger partial charge is 0.424 e. The second-order valence-electron chi connectivity index (χ2n) is 12.3. The van der Waals surface area contributed by atoms with Crippen molar-refractivity contribution >= 4 is 27.5 Å². The third-order valence-corrected chi connectivity index (χ3v) is 10.2. The van der Waals surface area contributed by atoms with Gasteiger partial charge in [0.15, 0.2) is 0 Å². The lowest BCUT2D eigenvalue weighted by molar-refractivity contribution is -0.215. The molecule has 7 fully saturated rings. The number of amides is 1. The average Bonchev–Trinajstić information content (AvgIpc) is 3.53. The molecule has 0 saturated heterocycles. The average molecular weight is 528 g/mol. The summed E-state index contributed by atoms with van der Waals surface area (Å²) in [6.45, 7) is 0.742. The molecule has 5 nitrogen and oxygen atoms in total. The van der Waals surface area contributed by atoms with Gasteiger partial charge in [-0.3, -0.25) is 4.79 Å². The molecule has 180 valence electrons. The summed E-state index contributed by atoms with van der Waals surface area (Å²) >= 11 is 3.58. The van der Waals surface area contributed by atoms with E-state index in [1.165, 1.54) is 12.8 Å². The van der Waals surface area contributed by atoms with E-state index in [1.54, 1.807) is 0 Å². The van der Waals surface area contributed by atoms with Crippen molar-refractivity contribution in [1.29, 1.82) is 0 Å². The highest BCUT2D eigenvalue weighted by Crippen LogP contribution is 2.71. The summed E-state index contributed by atoms with van der Waals surface area (Å²) in [7, 11) is 0. The van der Waals surface area contributed by atoms with Crippen LogP contribution in [0.25, 0.3) is 0 Å². The van der Waals surface area contributed by atoms with Gasteiger partial charge in [-0.15, -0.1) is 10.2 Å². The molecule has 7 heteroatoms. The summed E-state index contributed by atoms with van der Waals surface area (Å²) in [6.07, 6.45) is 10.9. The number of hydrogen-bond donors (Lipinski definition) is 0. The van der Waals surface area contributed by atoms with Crippen molar-refractivity contribution in [2.75, 3.05) is 11.4 Å². The molecule has 0 atom stereocenters. The number of halogens is 2. The van der Waals surface area contributed by atoms with Crippen LogP contribution < -0.4 is 4.90 Å². The molecule has 0 unspecified atom stereocenters. The monoisotopic (exact) mass is 527 g/mol. The molecule has 7 aliphatic carbocycles. The maximum absolute atomic E-state index is 14.1. The van der Waals surface area contributed by atoms with E-state index < -0.39 is 5.67 Å². The molecule has 2 aromatic rings. The molecule has 1 aromatic heterocycles. The molecule has 9 rings (SSSR count). The molecule has 1 amide bonds. The molecule has 7 saturated carbocycles. The van der Waals surface area contributed by atoms with Crippen molar-refractivity contribution in [3.05, 3.63) is 40.5 Å². The minimum atomic E-state index is -0.968. The van der Waals surface area contributed by atoms with Gasteiger partial charge >= 0.3 is 0 Å². The van der Waals surface area contributed by atoms with Crippen molar-refractivity contribution in [2.45, 2.75) is 94.1 Å². The number of hydrogen-bond acceptors (Lipinski definition) is 4. The Morgan fingerprint density at radius 3 is 2.38 bits per heavy atom. The van der Waals surface area contributed by atoms with Crippen LogP contribution in [0.15, 0.2) is 33.2 Å². The van der Waals surface area contributed by atoms with Crippen molar-refractivity contribution in [2.24, 2.45) is 10.8 Å². The Labute approximate surface area is 208 Å². The Morgan fingerprint density at radius 1 is 1.06 bits per heavy atom. The molecular weight excluding hydrogens is 497 g/mol. The molecule has 0 aliphatic heterocycles. The summed E-state index contributed by atoms with van der Waals surface area (Å²) in [5.41, 5.74) is 0.0417. The van der Waals surface area contributed by atoms with E-state index in [0.29, 0.717) is 31.6 Å². The van der Waals surface area contributed by atoms with Crippen molar-refractivity contribution < 1.29 is 13.6 Å². The molecule has 4 bridgehead atoms. The van der Waals surface area contributed by atoms with Gasteiger partial charge in [-0.25, -0.2) is 4.39 Å². The van der Waals surface area contributed by atoms with Gasteiger partial charge in [0.25, 0.3) is 0 Å². The summed E-state index contributed by atoms with van der Waals surface area (Å²) < 4.78 is 21.3. The van der Waals surface area contributed by atoms with Crippen molar-refractivity contribution in [1.82, 2.24) is 10.2 Å². The minimum absolute atomic E-state index is 0.0216. The SMILES string of the molecule is O=C(CC12CC(F)(C1)C2)N(CC12CCC(c3nnc(C4CC4)o3)(CC1)CC2)c1cccc(Br)c1. The normalized spacial score (nSPS) is 37.7. The summed E-state index contributed by atoms with van der Waals surface area (Å²) in [4.78, 5) is 15.7. The first-order chi connectivity index (χ1) is 16.3. The molecule has 0 spiro atoms. The molecular formula is C27H31BrFN3O2. The van der Waals surface area contributed by atoms with E-state index in [9.17, 15) is 9.18 Å². The van der Waals surface area contributed by atoms with Gasteiger partial charge in [0.05, 0.1) is 0 Å². The number of aromatic nitrogens is 2. The highest BCUT2D eigenvalue weighted by Gasteiger charge is 2.69. The number of fused-ring (bicyclic) bond motifs is 3. The summed E-state index contributed by atoms with van der Waals surface area (Å²) in [6, 6.07) is 8.07. The first-order valence-corrected chi connectivity index (χ1v) is 13.7. The van der Waals surface area contributed by atoms with Crippen LogP contribution in [0.5, 0.6) is 0 Å². The Bertz CT molecular complexity index is 1110. The fourth-order valence-corrected chi connectivity index (χ4v) is 7.92. The number of anilines is 1. The first-order valence-electron chi connectivity index (χ1n) is 12.9. The summed E-state index contributed by atoms with van der Waals surface area (Å²) in [5.74, 6) is 2.33. The van der Waals surface area contributed by atoms with Crippen LogP contribution in [0, 0.1) is 10.8 Å². The van der Waals surface area contributed by atoms with Crippen LogP contribution in [-0.2, 0) is 10.2 Å². The molecule has 0 radical (unpaired) electrons. The van der Waals surface area contributed by atoms with Crippen LogP contribution in [0.3, 0.4) is 0 Å². The first kappa shape index (κ1) is 21.5. The number of alkyl halides is 1. The Morgan fingerprint density at radius 2 is 1.76 bits per heavy atom. The van der Waals surface area contributed by atoms with Gasteiger partial charge < -0.3 is 9.32 Å². The van der Waals surface area contributed by atoms with Gasteiger partial charge in [-0.05, 0) is 99.7 Å². The van der Waals surface area contributed by atoms with Crippen LogP contribution in [0.4, 0.5) is 10.1 Å². The van der Waals surface area contributed by atoms with Crippen LogP contribution in [0.1, 0.15) is 94.7 Å². The van der Waals surface area contributed by atoms with E-state index in [2.05, 4.69) is 26.1 Å². The second kappa shape index (κ2) is 7.14. The zero-order chi connectivity index (χ0) is 23.2. The molecule has 0 N–H and O–H groups in total. The zero-order valence-electron chi connectivity index (χ0n) is 19.5. The predicted octanol–water partition coefficient (Wildman–Crippen LogP) is 6.62. The lowest BCUT2D eigenvalue weighted by Gasteiger charge is -2.66. The molecule has 1 heterocycles. The predicted molar refractivity (Wildman–Crippen MR) is 129 cm³/mol. The van der Waals surface area contributed by atoms with Crippen LogP contribution >= 0.6 is 15.9 Å².